The van der Waals surface area contributed by atoms with E-state index in [0.717, 1.165) is 34.7 Å². The monoisotopic (exact) mass is 394 g/mol. The summed E-state index contributed by atoms with van der Waals surface area (Å²) in [6, 6.07) is 15.8. The number of fused-ring (bicyclic) bond motifs is 3. The second kappa shape index (κ2) is 8.48. The van der Waals surface area contributed by atoms with Crippen LogP contribution in [0, 0.1) is 0 Å². The first-order chi connectivity index (χ1) is 13.8. The van der Waals surface area contributed by atoms with E-state index in [-0.39, 0.29) is 0 Å². The maximum absolute atomic E-state index is 6.32. The minimum atomic E-state index is -0.453. The molecule has 0 radical (unpaired) electrons. The molecule has 0 amide bonds. The van der Waals surface area contributed by atoms with Crippen LogP contribution >= 0.6 is 11.8 Å². The molecule has 1 aliphatic rings. The van der Waals surface area contributed by atoms with Crippen LogP contribution in [0.15, 0.2) is 53.7 Å². The van der Waals surface area contributed by atoms with Crippen molar-refractivity contribution in [2.24, 2.45) is 0 Å². The number of nitrogens with zero attached hydrogens (tertiary/aromatic N) is 3. The standard InChI is InChI=1S/C21H22N4O2S/c1-3-13-28-21-23-20-18(24-25-21)14-9-5-7-11-16(14)22-19(27-20)15-10-6-8-12-17(15)26-4-2/h5-12,19,22H,3-4,13H2,1-2H3/t19-/m0/s1. The molecule has 0 unspecified atom stereocenters. The van der Waals surface area contributed by atoms with Crippen molar-refractivity contribution in [3.8, 4) is 22.9 Å². The van der Waals surface area contributed by atoms with E-state index in [1.807, 2.05) is 55.5 Å². The lowest BCUT2D eigenvalue weighted by Crippen LogP contribution is -2.18. The van der Waals surface area contributed by atoms with Crippen LogP contribution in [-0.2, 0) is 0 Å². The van der Waals surface area contributed by atoms with Crippen molar-refractivity contribution in [3.05, 3.63) is 54.1 Å². The van der Waals surface area contributed by atoms with Gasteiger partial charge in [-0.1, -0.05) is 49.0 Å². The molecule has 0 spiro atoms. The highest BCUT2D eigenvalue weighted by molar-refractivity contribution is 7.99. The minimum absolute atomic E-state index is 0.453. The molecule has 3 aromatic rings. The molecule has 2 heterocycles. The number of rotatable bonds is 6. The quantitative estimate of drug-likeness (QED) is 0.594. The second-order valence-corrected chi connectivity index (χ2v) is 7.32. The third-order valence-electron chi connectivity index (χ3n) is 4.27. The topological polar surface area (TPSA) is 69.2 Å². The van der Waals surface area contributed by atoms with E-state index in [1.54, 1.807) is 11.8 Å². The number of aromatic nitrogens is 3. The van der Waals surface area contributed by atoms with Crippen molar-refractivity contribution in [1.29, 1.82) is 0 Å². The van der Waals surface area contributed by atoms with Gasteiger partial charge in [-0.3, -0.25) is 0 Å². The van der Waals surface area contributed by atoms with Crippen LogP contribution in [0.4, 0.5) is 5.69 Å². The van der Waals surface area contributed by atoms with Crippen molar-refractivity contribution >= 4 is 17.4 Å². The van der Waals surface area contributed by atoms with E-state index in [1.165, 1.54) is 0 Å². The van der Waals surface area contributed by atoms with Crippen molar-refractivity contribution < 1.29 is 9.47 Å². The molecule has 6 nitrogen and oxygen atoms in total. The third-order valence-corrected chi connectivity index (χ3v) is 5.31. The summed E-state index contributed by atoms with van der Waals surface area (Å²) in [5, 5.41) is 12.8. The fraction of sp³-hybridized carbons (Fsp3) is 0.286. The number of para-hydroxylation sites is 2. The Bertz CT molecular complexity index is 967. The smallest absolute Gasteiger partial charge is 0.247 e. The van der Waals surface area contributed by atoms with Crippen molar-refractivity contribution in [2.45, 2.75) is 31.7 Å². The zero-order valence-corrected chi connectivity index (χ0v) is 16.7. The van der Waals surface area contributed by atoms with Gasteiger partial charge in [0.2, 0.25) is 17.3 Å². The fourth-order valence-corrected chi connectivity index (χ4v) is 3.66. The molecular weight excluding hydrogens is 372 g/mol. The summed E-state index contributed by atoms with van der Waals surface area (Å²) < 4.78 is 12.1. The number of benzene rings is 2. The van der Waals surface area contributed by atoms with Crippen LogP contribution in [0.3, 0.4) is 0 Å². The predicted octanol–water partition coefficient (Wildman–Crippen LogP) is 4.94. The van der Waals surface area contributed by atoms with Gasteiger partial charge >= 0.3 is 0 Å². The van der Waals surface area contributed by atoms with Crippen molar-refractivity contribution in [1.82, 2.24) is 15.2 Å². The average Bonchev–Trinajstić information content (AvgIpc) is 2.89. The summed E-state index contributed by atoms with van der Waals surface area (Å²) in [7, 11) is 0. The van der Waals surface area contributed by atoms with E-state index in [2.05, 4.69) is 27.4 Å². The molecule has 7 heteroatoms. The molecule has 1 N–H and O–H groups in total. The van der Waals surface area contributed by atoms with Gasteiger partial charge in [-0.25, -0.2) is 0 Å². The summed E-state index contributed by atoms with van der Waals surface area (Å²) >= 11 is 1.58. The van der Waals surface area contributed by atoms with Gasteiger partial charge in [-0.05, 0) is 31.5 Å². The van der Waals surface area contributed by atoms with Gasteiger partial charge in [0.25, 0.3) is 0 Å². The zero-order valence-electron chi connectivity index (χ0n) is 15.9. The molecule has 1 atom stereocenters. The van der Waals surface area contributed by atoms with Crippen molar-refractivity contribution in [2.75, 3.05) is 17.7 Å². The van der Waals surface area contributed by atoms with Gasteiger partial charge in [0.1, 0.15) is 5.75 Å². The van der Waals surface area contributed by atoms with E-state index >= 15 is 0 Å². The van der Waals surface area contributed by atoms with Gasteiger partial charge in [0, 0.05) is 17.0 Å². The van der Waals surface area contributed by atoms with Gasteiger partial charge < -0.3 is 14.8 Å². The Kier molecular flexibility index (Phi) is 5.62. The zero-order chi connectivity index (χ0) is 19.3. The first-order valence-corrected chi connectivity index (χ1v) is 10.4. The summed E-state index contributed by atoms with van der Waals surface area (Å²) in [6.07, 6.45) is 0.589. The van der Waals surface area contributed by atoms with Crippen LogP contribution < -0.4 is 14.8 Å². The Morgan fingerprint density at radius 1 is 1.07 bits per heavy atom. The largest absolute Gasteiger partial charge is 0.493 e. The predicted molar refractivity (Wildman–Crippen MR) is 111 cm³/mol. The molecule has 28 heavy (non-hydrogen) atoms. The minimum Gasteiger partial charge on any atom is -0.493 e. The number of hydrogen-bond acceptors (Lipinski definition) is 7. The first-order valence-electron chi connectivity index (χ1n) is 9.42. The molecule has 4 rings (SSSR count). The van der Waals surface area contributed by atoms with E-state index in [4.69, 9.17) is 9.47 Å². The van der Waals surface area contributed by atoms with Gasteiger partial charge in [0.15, 0.2) is 5.69 Å². The number of hydrogen-bond donors (Lipinski definition) is 1. The molecule has 1 aromatic heterocycles. The average molecular weight is 395 g/mol. The number of ether oxygens (including phenoxy) is 2. The molecular formula is C21H22N4O2S. The highest BCUT2D eigenvalue weighted by Crippen LogP contribution is 2.41. The molecule has 144 valence electrons. The van der Waals surface area contributed by atoms with Crippen LogP contribution in [0.25, 0.3) is 11.3 Å². The maximum Gasteiger partial charge on any atom is 0.247 e. The molecule has 1 aliphatic heterocycles. The number of thioether (sulfide) groups is 1. The van der Waals surface area contributed by atoms with Crippen LogP contribution in [-0.4, -0.2) is 27.5 Å². The number of nitrogens with one attached hydrogen (secondary N) is 1. The Morgan fingerprint density at radius 3 is 2.75 bits per heavy atom. The Morgan fingerprint density at radius 2 is 1.89 bits per heavy atom. The SMILES string of the molecule is CCCSc1nnc2c(n1)O[C@@H](c1ccccc1OCC)Nc1ccccc1-2. The lowest BCUT2D eigenvalue weighted by molar-refractivity contribution is 0.217. The Balaban J connectivity index is 1.79. The molecule has 2 aromatic carbocycles. The number of anilines is 1. The molecule has 0 bridgehead atoms. The lowest BCUT2D eigenvalue weighted by atomic mass is 10.1. The highest BCUT2D eigenvalue weighted by Gasteiger charge is 2.27. The van der Waals surface area contributed by atoms with Gasteiger partial charge in [0.05, 0.1) is 12.2 Å². The van der Waals surface area contributed by atoms with E-state index < -0.39 is 6.23 Å². The first kappa shape index (κ1) is 18.6. The molecule has 0 saturated heterocycles. The summed E-state index contributed by atoms with van der Waals surface area (Å²) in [6.45, 7) is 4.68. The normalized spacial score (nSPS) is 14.9. The summed E-state index contributed by atoms with van der Waals surface area (Å²) in [5.74, 6) is 2.19. The third kappa shape index (κ3) is 3.75. The van der Waals surface area contributed by atoms with Crippen LogP contribution in [0.2, 0.25) is 0 Å². The van der Waals surface area contributed by atoms with Gasteiger partial charge in [-0.2, -0.15) is 4.98 Å². The highest BCUT2D eigenvalue weighted by atomic mass is 32.2. The maximum atomic E-state index is 6.32. The second-order valence-electron chi connectivity index (χ2n) is 6.26. The lowest BCUT2D eigenvalue weighted by Gasteiger charge is -2.21. The molecule has 0 fully saturated rings. The van der Waals surface area contributed by atoms with Gasteiger partial charge in [-0.15, -0.1) is 10.2 Å². The van der Waals surface area contributed by atoms with Crippen LogP contribution in [0.5, 0.6) is 11.6 Å². The van der Waals surface area contributed by atoms with Crippen LogP contribution in [0.1, 0.15) is 32.1 Å². The van der Waals surface area contributed by atoms with E-state index in [0.29, 0.717) is 23.3 Å². The Hall–Kier alpha value is -2.80. The van der Waals surface area contributed by atoms with E-state index in [9.17, 15) is 0 Å². The Labute approximate surface area is 168 Å². The summed E-state index contributed by atoms with van der Waals surface area (Å²) in [5.41, 5.74) is 3.39. The summed E-state index contributed by atoms with van der Waals surface area (Å²) in [4.78, 5) is 4.65. The fourth-order valence-electron chi connectivity index (χ4n) is 3.03. The molecule has 0 aliphatic carbocycles. The van der Waals surface area contributed by atoms with Crippen molar-refractivity contribution in [3.63, 3.8) is 0 Å². The molecule has 0 saturated carbocycles.